The largest absolute Gasteiger partial charge is 0.426 e. The molecule has 3 nitrogen and oxygen atoms in total. The Labute approximate surface area is 122 Å². The van der Waals surface area contributed by atoms with E-state index in [1.54, 1.807) is 18.2 Å². The molecular formula is C18H14O3. The van der Waals surface area contributed by atoms with E-state index < -0.39 is 0 Å². The number of aryl methyl sites for hydroxylation is 1. The van der Waals surface area contributed by atoms with E-state index in [4.69, 9.17) is 9.15 Å². The summed E-state index contributed by atoms with van der Waals surface area (Å²) in [5, 5.41) is 0.533. The summed E-state index contributed by atoms with van der Waals surface area (Å²) in [7, 11) is 0. The van der Waals surface area contributed by atoms with Crippen LogP contribution in [0.4, 0.5) is 0 Å². The predicted molar refractivity (Wildman–Crippen MR) is 83.3 cm³/mol. The SMILES string of the molecule is C=C(Oc1cc(=O)c2ccccc2o1)c1cccc(C)c1. The molecule has 1 heterocycles. The average molecular weight is 278 g/mol. The molecule has 0 fully saturated rings. The van der Waals surface area contributed by atoms with Crippen LogP contribution in [0.5, 0.6) is 5.95 Å². The second kappa shape index (κ2) is 5.29. The van der Waals surface area contributed by atoms with Crippen LogP contribution in [-0.4, -0.2) is 0 Å². The highest BCUT2D eigenvalue weighted by Gasteiger charge is 2.08. The monoisotopic (exact) mass is 278 g/mol. The minimum atomic E-state index is -0.135. The summed E-state index contributed by atoms with van der Waals surface area (Å²) in [5.74, 6) is 0.585. The number of fused-ring (bicyclic) bond motifs is 1. The molecule has 0 atom stereocenters. The van der Waals surface area contributed by atoms with Crippen molar-refractivity contribution in [3.05, 3.63) is 82.5 Å². The predicted octanol–water partition coefficient (Wildman–Crippen LogP) is 4.15. The number of hydrogen-bond donors (Lipinski definition) is 0. The highest BCUT2D eigenvalue weighted by molar-refractivity contribution is 5.76. The molecule has 0 aliphatic rings. The first-order chi connectivity index (χ1) is 10.1. The van der Waals surface area contributed by atoms with Gasteiger partial charge in [0.2, 0.25) is 0 Å². The topological polar surface area (TPSA) is 39.4 Å². The van der Waals surface area contributed by atoms with Crippen LogP contribution in [0.25, 0.3) is 16.7 Å². The minimum Gasteiger partial charge on any atom is -0.426 e. The Kier molecular flexibility index (Phi) is 3.32. The van der Waals surface area contributed by atoms with Crippen LogP contribution >= 0.6 is 0 Å². The zero-order chi connectivity index (χ0) is 14.8. The Bertz CT molecular complexity index is 875. The van der Waals surface area contributed by atoms with Gasteiger partial charge in [-0.2, -0.15) is 0 Å². The van der Waals surface area contributed by atoms with Gasteiger partial charge in [0.1, 0.15) is 11.3 Å². The van der Waals surface area contributed by atoms with Gasteiger partial charge in [0.25, 0.3) is 5.95 Å². The standard InChI is InChI=1S/C18H14O3/c1-12-6-5-7-14(10-12)13(2)20-18-11-16(19)15-8-3-4-9-17(15)21-18/h3-11H,2H2,1H3. The van der Waals surface area contributed by atoms with Gasteiger partial charge in [0.05, 0.1) is 11.5 Å². The van der Waals surface area contributed by atoms with Crippen LogP contribution in [0.3, 0.4) is 0 Å². The molecular weight excluding hydrogens is 264 g/mol. The third-order valence-electron chi connectivity index (χ3n) is 3.18. The fraction of sp³-hybridized carbons (Fsp3) is 0.0556. The first-order valence-corrected chi connectivity index (χ1v) is 6.60. The molecule has 3 aromatic rings. The molecule has 3 rings (SSSR count). The lowest BCUT2D eigenvalue weighted by Gasteiger charge is -2.08. The molecule has 0 radical (unpaired) electrons. The number of benzene rings is 2. The highest BCUT2D eigenvalue weighted by Crippen LogP contribution is 2.22. The lowest BCUT2D eigenvalue weighted by molar-refractivity contribution is 0.373. The van der Waals surface area contributed by atoms with Gasteiger partial charge in [0.15, 0.2) is 5.43 Å². The third-order valence-corrected chi connectivity index (χ3v) is 3.18. The van der Waals surface area contributed by atoms with E-state index in [1.807, 2.05) is 37.3 Å². The maximum absolute atomic E-state index is 12.0. The molecule has 0 amide bonds. The van der Waals surface area contributed by atoms with Gasteiger partial charge in [-0.25, -0.2) is 0 Å². The van der Waals surface area contributed by atoms with Crippen molar-refractivity contribution in [3.63, 3.8) is 0 Å². The molecule has 21 heavy (non-hydrogen) atoms. The molecule has 0 bridgehead atoms. The summed E-state index contributed by atoms with van der Waals surface area (Å²) >= 11 is 0. The highest BCUT2D eigenvalue weighted by atomic mass is 16.6. The Balaban J connectivity index is 1.95. The molecule has 0 aliphatic heterocycles. The van der Waals surface area contributed by atoms with Crippen LogP contribution in [-0.2, 0) is 0 Å². The van der Waals surface area contributed by atoms with Crippen molar-refractivity contribution in [2.75, 3.05) is 0 Å². The van der Waals surface area contributed by atoms with E-state index in [-0.39, 0.29) is 11.4 Å². The van der Waals surface area contributed by atoms with Crippen molar-refractivity contribution < 1.29 is 9.15 Å². The van der Waals surface area contributed by atoms with Crippen molar-refractivity contribution in [3.8, 4) is 5.95 Å². The lowest BCUT2D eigenvalue weighted by Crippen LogP contribution is -2.02. The van der Waals surface area contributed by atoms with Crippen molar-refractivity contribution in [2.24, 2.45) is 0 Å². The van der Waals surface area contributed by atoms with Crippen LogP contribution < -0.4 is 10.2 Å². The summed E-state index contributed by atoms with van der Waals surface area (Å²) in [6, 6.07) is 16.2. The summed E-state index contributed by atoms with van der Waals surface area (Å²) in [4.78, 5) is 12.0. The van der Waals surface area contributed by atoms with Crippen LogP contribution in [0.15, 0.2) is 70.4 Å². The lowest BCUT2D eigenvalue weighted by atomic mass is 10.1. The van der Waals surface area contributed by atoms with E-state index in [2.05, 4.69) is 6.58 Å². The Hall–Kier alpha value is -2.81. The number of hydrogen-bond acceptors (Lipinski definition) is 3. The smallest absolute Gasteiger partial charge is 0.294 e. The van der Waals surface area contributed by atoms with E-state index in [1.165, 1.54) is 6.07 Å². The van der Waals surface area contributed by atoms with Crippen molar-refractivity contribution in [2.45, 2.75) is 6.92 Å². The molecule has 0 saturated carbocycles. The van der Waals surface area contributed by atoms with Gasteiger partial charge in [0, 0.05) is 5.56 Å². The number of rotatable bonds is 3. The zero-order valence-electron chi connectivity index (χ0n) is 11.6. The fourth-order valence-corrected chi connectivity index (χ4v) is 2.13. The minimum absolute atomic E-state index is 0.135. The van der Waals surface area contributed by atoms with Crippen molar-refractivity contribution >= 4 is 16.7 Å². The normalized spacial score (nSPS) is 10.5. The molecule has 0 N–H and O–H groups in total. The van der Waals surface area contributed by atoms with Crippen molar-refractivity contribution in [1.82, 2.24) is 0 Å². The van der Waals surface area contributed by atoms with Crippen LogP contribution in [0, 0.1) is 6.92 Å². The maximum atomic E-state index is 12.0. The first-order valence-electron chi connectivity index (χ1n) is 6.60. The third kappa shape index (κ3) is 2.72. The van der Waals surface area contributed by atoms with E-state index >= 15 is 0 Å². The molecule has 0 unspecified atom stereocenters. The maximum Gasteiger partial charge on any atom is 0.294 e. The molecule has 0 saturated heterocycles. The quantitative estimate of drug-likeness (QED) is 0.676. The van der Waals surface area contributed by atoms with Gasteiger partial charge in [-0.1, -0.05) is 42.5 Å². The van der Waals surface area contributed by atoms with Gasteiger partial charge >= 0.3 is 0 Å². The molecule has 3 heteroatoms. The Morgan fingerprint density at radius 2 is 1.90 bits per heavy atom. The summed E-state index contributed by atoms with van der Waals surface area (Å²) in [6.07, 6.45) is 0. The van der Waals surface area contributed by atoms with Crippen LogP contribution in [0.1, 0.15) is 11.1 Å². The van der Waals surface area contributed by atoms with Gasteiger partial charge < -0.3 is 9.15 Å². The summed E-state index contributed by atoms with van der Waals surface area (Å²) < 4.78 is 11.2. The molecule has 104 valence electrons. The second-order valence-electron chi connectivity index (χ2n) is 4.82. The van der Waals surface area contributed by atoms with Crippen molar-refractivity contribution in [1.29, 1.82) is 0 Å². The number of ether oxygens (including phenoxy) is 1. The number of para-hydroxylation sites is 1. The molecule has 0 aliphatic carbocycles. The van der Waals surface area contributed by atoms with Gasteiger partial charge in [-0.3, -0.25) is 4.79 Å². The molecule has 1 aromatic heterocycles. The van der Waals surface area contributed by atoms with Gasteiger partial charge in [-0.05, 0) is 25.1 Å². The van der Waals surface area contributed by atoms with Crippen LogP contribution in [0.2, 0.25) is 0 Å². The van der Waals surface area contributed by atoms with E-state index in [9.17, 15) is 4.79 Å². The second-order valence-corrected chi connectivity index (χ2v) is 4.82. The van der Waals surface area contributed by atoms with E-state index in [0.717, 1.165) is 11.1 Å². The Morgan fingerprint density at radius 3 is 2.71 bits per heavy atom. The summed E-state index contributed by atoms with van der Waals surface area (Å²) in [6.45, 7) is 5.88. The Morgan fingerprint density at radius 1 is 1.10 bits per heavy atom. The fourth-order valence-electron chi connectivity index (χ4n) is 2.13. The zero-order valence-corrected chi connectivity index (χ0v) is 11.6. The molecule has 0 spiro atoms. The van der Waals surface area contributed by atoms with Gasteiger partial charge in [-0.15, -0.1) is 0 Å². The summed E-state index contributed by atoms with van der Waals surface area (Å²) in [5.41, 5.74) is 2.32. The average Bonchev–Trinajstić information content (AvgIpc) is 2.47. The van der Waals surface area contributed by atoms with E-state index in [0.29, 0.717) is 16.7 Å². The first kappa shape index (κ1) is 13.2. The molecule has 2 aromatic carbocycles.